The van der Waals surface area contributed by atoms with Crippen LogP contribution in [0.1, 0.15) is 17.6 Å². The molecule has 0 spiro atoms. The molecule has 1 aromatic rings. The van der Waals surface area contributed by atoms with Gasteiger partial charge in [0.05, 0.1) is 12.5 Å². The molecule has 74 valence electrons. The zero-order valence-electron chi connectivity index (χ0n) is 6.77. The summed E-state index contributed by atoms with van der Waals surface area (Å²) in [7, 11) is 0. The molecule has 0 atom stereocenters. The van der Waals surface area contributed by atoms with Gasteiger partial charge in [0.15, 0.2) is 5.82 Å². The Labute approximate surface area is 76.8 Å². The van der Waals surface area contributed by atoms with Crippen molar-refractivity contribution < 1.29 is 17.6 Å². The van der Waals surface area contributed by atoms with E-state index in [-0.39, 0.29) is 0 Å². The quantitative estimate of drug-likeness (QED) is 0.547. The summed E-state index contributed by atoms with van der Waals surface area (Å²) in [6, 6.07) is 1.48. The molecule has 14 heavy (non-hydrogen) atoms. The van der Waals surface area contributed by atoms with Gasteiger partial charge in [-0.1, -0.05) is 0 Å². The van der Waals surface area contributed by atoms with Crippen LogP contribution in [0.5, 0.6) is 0 Å². The molecular formula is C8H4F4N2. The van der Waals surface area contributed by atoms with E-state index < -0.39 is 35.7 Å². The van der Waals surface area contributed by atoms with Crippen LogP contribution in [-0.2, 0) is 6.42 Å². The van der Waals surface area contributed by atoms with E-state index in [1.54, 1.807) is 0 Å². The average Bonchev–Trinajstić information content (AvgIpc) is 2.13. The highest BCUT2D eigenvalue weighted by Crippen LogP contribution is 2.25. The second-order valence-corrected chi connectivity index (χ2v) is 2.43. The van der Waals surface area contributed by atoms with E-state index in [1.807, 2.05) is 0 Å². The van der Waals surface area contributed by atoms with Crippen molar-refractivity contribution in [1.82, 2.24) is 4.98 Å². The zero-order chi connectivity index (χ0) is 10.7. The first-order valence-corrected chi connectivity index (χ1v) is 3.55. The lowest BCUT2D eigenvalue weighted by atomic mass is 10.1. The number of rotatable bonds is 2. The number of alkyl halides is 2. The Morgan fingerprint density at radius 3 is 2.57 bits per heavy atom. The van der Waals surface area contributed by atoms with Crippen molar-refractivity contribution in [3.05, 3.63) is 29.1 Å². The summed E-state index contributed by atoms with van der Waals surface area (Å²) in [5, 5.41) is 8.24. The molecule has 2 nitrogen and oxygen atoms in total. The molecule has 0 saturated carbocycles. The van der Waals surface area contributed by atoms with Crippen molar-refractivity contribution >= 4 is 0 Å². The van der Waals surface area contributed by atoms with Gasteiger partial charge in [0.1, 0.15) is 0 Å². The summed E-state index contributed by atoms with van der Waals surface area (Å²) in [5.41, 5.74) is -1.37. The molecular weight excluding hydrogens is 200 g/mol. The summed E-state index contributed by atoms with van der Waals surface area (Å²) >= 11 is 0. The molecule has 1 heterocycles. The van der Waals surface area contributed by atoms with Gasteiger partial charge >= 0.3 is 0 Å². The van der Waals surface area contributed by atoms with Crippen LogP contribution >= 0.6 is 0 Å². The molecule has 6 heteroatoms. The molecule has 0 saturated heterocycles. The highest BCUT2D eigenvalue weighted by atomic mass is 19.3. The largest absolute Gasteiger partial charge is 0.265 e. The van der Waals surface area contributed by atoms with E-state index in [1.165, 1.54) is 6.07 Å². The van der Waals surface area contributed by atoms with Gasteiger partial charge in [-0.05, 0) is 0 Å². The van der Waals surface area contributed by atoms with Crippen molar-refractivity contribution in [2.45, 2.75) is 12.8 Å². The minimum atomic E-state index is -2.97. The lowest BCUT2D eigenvalue weighted by Gasteiger charge is -2.06. The minimum Gasteiger partial charge on any atom is -0.225 e. The number of hydrogen-bond donors (Lipinski definition) is 0. The molecule has 1 rings (SSSR count). The summed E-state index contributed by atoms with van der Waals surface area (Å²) in [6.07, 6.45) is -3.04. The third kappa shape index (κ3) is 1.82. The predicted octanol–water partition coefficient (Wildman–Crippen LogP) is 2.36. The molecule has 0 aliphatic carbocycles. The normalized spacial score (nSPS) is 10.3. The van der Waals surface area contributed by atoms with Crippen LogP contribution < -0.4 is 0 Å². The van der Waals surface area contributed by atoms with Crippen molar-refractivity contribution in [2.75, 3.05) is 0 Å². The lowest BCUT2D eigenvalue weighted by Crippen LogP contribution is -2.03. The fourth-order valence-corrected chi connectivity index (χ4v) is 0.959. The molecule has 0 unspecified atom stereocenters. The van der Waals surface area contributed by atoms with Crippen molar-refractivity contribution in [2.24, 2.45) is 0 Å². The van der Waals surface area contributed by atoms with Crippen molar-refractivity contribution in [3.63, 3.8) is 0 Å². The van der Waals surface area contributed by atoms with Gasteiger partial charge in [0.2, 0.25) is 5.95 Å². The van der Waals surface area contributed by atoms with E-state index >= 15 is 0 Å². The molecule has 0 fully saturated rings. The Balaban J connectivity index is 3.31. The van der Waals surface area contributed by atoms with Crippen LogP contribution in [0.2, 0.25) is 0 Å². The standard InChI is InChI=1S/C8H4F4N2/c9-6-4(1-2-13)5(7(10)11)3-14-8(6)12/h3,7H,1H2. The summed E-state index contributed by atoms with van der Waals surface area (Å²) in [4.78, 5) is 2.81. The van der Waals surface area contributed by atoms with Gasteiger partial charge in [0.25, 0.3) is 6.43 Å². The molecule has 0 aromatic carbocycles. The Morgan fingerprint density at radius 1 is 1.43 bits per heavy atom. The summed E-state index contributed by atoms with van der Waals surface area (Å²) < 4.78 is 49.8. The van der Waals surface area contributed by atoms with Crippen molar-refractivity contribution in [1.29, 1.82) is 5.26 Å². The first-order valence-electron chi connectivity index (χ1n) is 3.55. The molecule has 0 aliphatic rings. The topological polar surface area (TPSA) is 36.7 Å². The second kappa shape index (κ2) is 4.05. The van der Waals surface area contributed by atoms with E-state index in [9.17, 15) is 17.6 Å². The SMILES string of the molecule is N#CCc1c(C(F)F)cnc(F)c1F. The van der Waals surface area contributed by atoms with Crippen LogP contribution in [0.15, 0.2) is 6.20 Å². The number of aromatic nitrogens is 1. The fraction of sp³-hybridized carbons (Fsp3) is 0.250. The highest BCUT2D eigenvalue weighted by Gasteiger charge is 2.20. The van der Waals surface area contributed by atoms with Crippen molar-refractivity contribution in [3.8, 4) is 6.07 Å². The first-order chi connectivity index (χ1) is 6.57. The third-order valence-corrected chi connectivity index (χ3v) is 1.60. The Bertz CT molecular complexity index is 384. The van der Waals surface area contributed by atoms with Gasteiger partial charge < -0.3 is 0 Å². The van der Waals surface area contributed by atoms with Crippen LogP contribution in [0.25, 0.3) is 0 Å². The second-order valence-electron chi connectivity index (χ2n) is 2.43. The third-order valence-electron chi connectivity index (χ3n) is 1.60. The fourth-order valence-electron chi connectivity index (χ4n) is 0.959. The van der Waals surface area contributed by atoms with Gasteiger partial charge in [0, 0.05) is 17.3 Å². The Morgan fingerprint density at radius 2 is 2.07 bits per heavy atom. The van der Waals surface area contributed by atoms with Gasteiger partial charge in [-0.3, -0.25) is 0 Å². The van der Waals surface area contributed by atoms with E-state index in [0.717, 1.165) is 0 Å². The molecule has 0 bridgehead atoms. The maximum Gasteiger partial charge on any atom is 0.265 e. The maximum absolute atomic E-state index is 12.9. The molecule has 0 radical (unpaired) electrons. The van der Waals surface area contributed by atoms with Crippen LogP contribution in [0, 0.1) is 23.1 Å². The molecule has 1 aromatic heterocycles. The van der Waals surface area contributed by atoms with Gasteiger partial charge in [-0.25, -0.2) is 18.2 Å². The van der Waals surface area contributed by atoms with E-state index in [0.29, 0.717) is 6.20 Å². The smallest absolute Gasteiger partial charge is 0.225 e. The van der Waals surface area contributed by atoms with Crippen LogP contribution in [-0.4, -0.2) is 4.98 Å². The minimum absolute atomic E-state index is 0.537. The monoisotopic (exact) mass is 204 g/mol. The van der Waals surface area contributed by atoms with Crippen LogP contribution in [0.3, 0.4) is 0 Å². The molecule has 0 amide bonds. The van der Waals surface area contributed by atoms with Gasteiger partial charge in [-0.15, -0.1) is 0 Å². The lowest BCUT2D eigenvalue weighted by molar-refractivity contribution is 0.149. The summed E-state index contributed by atoms with van der Waals surface area (Å²) in [6.45, 7) is 0. The first kappa shape index (κ1) is 10.4. The molecule has 0 N–H and O–H groups in total. The number of nitrogens with zero attached hydrogens (tertiary/aromatic N) is 2. The van der Waals surface area contributed by atoms with E-state index in [4.69, 9.17) is 5.26 Å². The Hall–Kier alpha value is -1.64. The predicted molar refractivity (Wildman–Crippen MR) is 38.4 cm³/mol. The number of halogens is 4. The Kier molecular flexibility index (Phi) is 3.02. The maximum atomic E-state index is 12.9. The summed E-state index contributed by atoms with van der Waals surface area (Å²) in [5.74, 6) is -2.95. The highest BCUT2D eigenvalue weighted by molar-refractivity contribution is 5.29. The number of nitriles is 1. The number of hydrogen-bond acceptors (Lipinski definition) is 2. The number of pyridine rings is 1. The average molecular weight is 204 g/mol. The van der Waals surface area contributed by atoms with Crippen LogP contribution in [0.4, 0.5) is 17.6 Å². The molecule has 0 aliphatic heterocycles. The zero-order valence-corrected chi connectivity index (χ0v) is 6.77. The van der Waals surface area contributed by atoms with E-state index in [2.05, 4.69) is 4.98 Å². The van der Waals surface area contributed by atoms with Gasteiger partial charge in [-0.2, -0.15) is 9.65 Å².